The zero-order valence-corrected chi connectivity index (χ0v) is 14.0. The molecule has 1 heterocycles. The molecule has 0 saturated carbocycles. The Morgan fingerprint density at radius 3 is 2.80 bits per heavy atom. The Balaban J connectivity index is 1.72. The molecule has 0 bridgehead atoms. The first-order chi connectivity index (χ1) is 12.0. The summed E-state index contributed by atoms with van der Waals surface area (Å²) in [5, 5.41) is 3.86. The molecule has 1 amide bonds. The van der Waals surface area contributed by atoms with E-state index in [-0.39, 0.29) is 11.7 Å². The molecule has 126 valence electrons. The molecule has 1 aromatic heterocycles. The molecule has 0 saturated heterocycles. The van der Waals surface area contributed by atoms with E-state index in [0.717, 1.165) is 22.9 Å². The Morgan fingerprint density at radius 1 is 1.16 bits per heavy atom. The molecular weight excluding hydrogens is 314 g/mol. The Bertz CT molecular complexity index is 1020. The fourth-order valence-corrected chi connectivity index (χ4v) is 3.59. The van der Waals surface area contributed by atoms with E-state index in [1.165, 1.54) is 5.69 Å². The Kier molecular flexibility index (Phi) is 3.57. The van der Waals surface area contributed by atoms with E-state index >= 15 is 0 Å². The van der Waals surface area contributed by atoms with Crippen molar-refractivity contribution >= 4 is 34.0 Å². The number of carbonyl (C=O) groups excluding carboxylic acids is 2. The topological polar surface area (TPSA) is 77.1 Å². The summed E-state index contributed by atoms with van der Waals surface area (Å²) < 4.78 is 2.14. The third-order valence-corrected chi connectivity index (χ3v) is 4.86. The number of rotatable bonds is 2. The summed E-state index contributed by atoms with van der Waals surface area (Å²) in [5.74, 6) is 0.0712. The molecule has 4 rings (SSSR count). The summed E-state index contributed by atoms with van der Waals surface area (Å²) >= 11 is 0. The number of nitrogens with one attached hydrogen (secondary N) is 1. The molecule has 0 radical (unpaired) electrons. The minimum absolute atomic E-state index is 0.188. The van der Waals surface area contributed by atoms with Crippen LogP contribution in [0.25, 0.3) is 10.9 Å². The molecule has 0 atom stereocenters. The van der Waals surface area contributed by atoms with E-state index in [4.69, 9.17) is 5.73 Å². The lowest BCUT2D eigenvalue weighted by atomic mass is 9.94. The highest BCUT2D eigenvalue weighted by molar-refractivity contribution is 6.07. The van der Waals surface area contributed by atoms with Gasteiger partial charge in [0.25, 0.3) is 5.91 Å². The summed E-state index contributed by atoms with van der Waals surface area (Å²) in [6.07, 6.45) is 1.82. The van der Waals surface area contributed by atoms with Crippen molar-refractivity contribution in [1.29, 1.82) is 0 Å². The van der Waals surface area contributed by atoms with Gasteiger partial charge in [-0.25, -0.2) is 0 Å². The number of benzene rings is 2. The highest BCUT2D eigenvalue weighted by atomic mass is 16.1. The van der Waals surface area contributed by atoms with Crippen LogP contribution in [0.2, 0.25) is 0 Å². The van der Waals surface area contributed by atoms with Gasteiger partial charge in [-0.15, -0.1) is 0 Å². The number of aromatic nitrogens is 1. The summed E-state index contributed by atoms with van der Waals surface area (Å²) in [7, 11) is 2.02. The monoisotopic (exact) mass is 333 g/mol. The minimum atomic E-state index is -0.188. The average Bonchev–Trinajstić information content (AvgIpc) is 2.86. The quantitative estimate of drug-likeness (QED) is 0.708. The Hall–Kier alpha value is -3.08. The lowest BCUT2D eigenvalue weighted by molar-refractivity contribution is -0.118. The molecule has 0 spiro atoms. The number of hydrogen-bond donors (Lipinski definition) is 2. The maximum absolute atomic E-state index is 12.6. The predicted molar refractivity (Wildman–Crippen MR) is 98.8 cm³/mol. The highest BCUT2D eigenvalue weighted by Gasteiger charge is 2.23. The van der Waals surface area contributed by atoms with Crippen molar-refractivity contribution in [3.05, 3.63) is 59.3 Å². The van der Waals surface area contributed by atoms with E-state index < -0.39 is 0 Å². The van der Waals surface area contributed by atoms with Crippen molar-refractivity contribution in [2.75, 3.05) is 11.1 Å². The van der Waals surface area contributed by atoms with Gasteiger partial charge < -0.3 is 15.6 Å². The van der Waals surface area contributed by atoms with E-state index in [1.807, 2.05) is 25.2 Å². The van der Waals surface area contributed by atoms with Crippen molar-refractivity contribution in [2.45, 2.75) is 19.3 Å². The zero-order valence-electron chi connectivity index (χ0n) is 14.0. The largest absolute Gasteiger partial charge is 0.399 e. The van der Waals surface area contributed by atoms with Gasteiger partial charge in [-0.05, 0) is 48.4 Å². The summed E-state index contributed by atoms with van der Waals surface area (Å²) in [5.41, 5.74) is 10.9. The predicted octanol–water partition coefficient (Wildman–Crippen LogP) is 3.07. The van der Waals surface area contributed by atoms with Crippen LogP contribution in [0.4, 0.5) is 11.4 Å². The van der Waals surface area contributed by atoms with Gasteiger partial charge in [-0.2, -0.15) is 0 Å². The van der Waals surface area contributed by atoms with E-state index in [2.05, 4.69) is 9.88 Å². The number of fused-ring (bicyclic) bond motifs is 3. The molecule has 0 fully saturated rings. The smallest absolute Gasteiger partial charge is 0.255 e. The van der Waals surface area contributed by atoms with Crippen LogP contribution < -0.4 is 11.1 Å². The molecule has 1 aliphatic carbocycles. The standard InChI is InChI=1S/C20H19N3O2/c1-23-18-7-5-12(20(25)22-14-4-2-3-13(21)10-14)9-16(18)17-11-15(24)6-8-19(17)23/h2-5,7,9-10H,6,8,11,21H2,1H3,(H,22,25). The SMILES string of the molecule is Cn1c2c(c3cc(C(=O)Nc4cccc(N)c4)ccc31)CC(=O)CC2. The summed E-state index contributed by atoms with van der Waals surface area (Å²) in [4.78, 5) is 24.5. The highest BCUT2D eigenvalue weighted by Crippen LogP contribution is 2.31. The van der Waals surface area contributed by atoms with Crippen LogP contribution >= 0.6 is 0 Å². The molecule has 0 aliphatic heterocycles. The number of hydrogen-bond acceptors (Lipinski definition) is 3. The summed E-state index contributed by atoms with van der Waals surface area (Å²) in [6, 6.07) is 12.7. The van der Waals surface area contributed by atoms with Gasteiger partial charge in [-0.1, -0.05) is 6.07 Å². The van der Waals surface area contributed by atoms with Gasteiger partial charge in [0, 0.05) is 53.4 Å². The van der Waals surface area contributed by atoms with Crippen LogP contribution in [0.5, 0.6) is 0 Å². The van der Waals surface area contributed by atoms with Gasteiger partial charge in [0.15, 0.2) is 0 Å². The first-order valence-corrected chi connectivity index (χ1v) is 8.31. The van der Waals surface area contributed by atoms with Crippen molar-refractivity contribution < 1.29 is 9.59 Å². The normalized spacial score (nSPS) is 13.7. The lowest BCUT2D eigenvalue weighted by Crippen LogP contribution is -2.14. The van der Waals surface area contributed by atoms with Crippen molar-refractivity contribution in [2.24, 2.45) is 7.05 Å². The summed E-state index contributed by atoms with van der Waals surface area (Å²) in [6.45, 7) is 0. The van der Waals surface area contributed by atoms with Crippen molar-refractivity contribution in [1.82, 2.24) is 4.57 Å². The van der Waals surface area contributed by atoms with E-state index in [9.17, 15) is 9.59 Å². The maximum Gasteiger partial charge on any atom is 0.255 e. The van der Waals surface area contributed by atoms with Gasteiger partial charge in [0.2, 0.25) is 0 Å². The van der Waals surface area contributed by atoms with Crippen molar-refractivity contribution in [3.63, 3.8) is 0 Å². The van der Waals surface area contributed by atoms with E-state index in [0.29, 0.717) is 29.8 Å². The van der Waals surface area contributed by atoms with Crippen LogP contribution in [0.3, 0.4) is 0 Å². The molecule has 5 heteroatoms. The second-order valence-corrected chi connectivity index (χ2v) is 6.51. The molecule has 5 nitrogen and oxygen atoms in total. The fraction of sp³-hybridized carbons (Fsp3) is 0.200. The van der Waals surface area contributed by atoms with Gasteiger partial charge in [-0.3, -0.25) is 9.59 Å². The fourth-order valence-electron chi connectivity index (χ4n) is 3.59. The number of nitrogens with zero attached hydrogens (tertiary/aromatic N) is 1. The molecule has 1 aliphatic rings. The molecule has 0 unspecified atom stereocenters. The van der Waals surface area contributed by atoms with Gasteiger partial charge in [0.05, 0.1) is 0 Å². The van der Waals surface area contributed by atoms with Crippen LogP contribution in [0.1, 0.15) is 28.0 Å². The molecule has 3 aromatic rings. The zero-order chi connectivity index (χ0) is 17.6. The van der Waals surface area contributed by atoms with E-state index in [1.54, 1.807) is 24.3 Å². The third kappa shape index (κ3) is 2.67. The number of aryl methyl sites for hydroxylation is 1. The van der Waals surface area contributed by atoms with Crippen LogP contribution in [-0.4, -0.2) is 16.3 Å². The number of anilines is 2. The van der Waals surface area contributed by atoms with Crippen molar-refractivity contribution in [3.8, 4) is 0 Å². The second kappa shape index (κ2) is 5.77. The Labute approximate surface area is 145 Å². The average molecular weight is 333 g/mol. The first-order valence-electron chi connectivity index (χ1n) is 8.31. The molecule has 3 N–H and O–H groups in total. The molecule has 25 heavy (non-hydrogen) atoms. The number of nitrogens with two attached hydrogens (primary N) is 1. The number of nitrogen functional groups attached to an aromatic ring is 1. The number of ketones is 1. The third-order valence-electron chi connectivity index (χ3n) is 4.86. The molecule has 2 aromatic carbocycles. The van der Waals surface area contributed by atoms with Gasteiger partial charge in [0.1, 0.15) is 5.78 Å². The first kappa shape index (κ1) is 15.4. The van der Waals surface area contributed by atoms with Crippen LogP contribution in [-0.2, 0) is 24.7 Å². The number of Topliss-reactive ketones (excluding diaryl/α,β-unsaturated/α-hetero) is 1. The second-order valence-electron chi connectivity index (χ2n) is 6.51. The minimum Gasteiger partial charge on any atom is -0.399 e. The van der Waals surface area contributed by atoms with Crippen LogP contribution in [0.15, 0.2) is 42.5 Å². The Morgan fingerprint density at radius 2 is 2.00 bits per heavy atom. The maximum atomic E-state index is 12.6. The van der Waals surface area contributed by atoms with Gasteiger partial charge >= 0.3 is 0 Å². The molecular formula is C20H19N3O2. The number of amides is 1. The number of carbonyl (C=O) groups is 2. The van der Waals surface area contributed by atoms with Crippen LogP contribution in [0, 0.1) is 0 Å². The lowest BCUT2D eigenvalue weighted by Gasteiger charge is -2.12.